The van der Waals surface area contributed by atoms with Crippen LogP contribution in [0.3, 0.4) is 0 Å². The molecule has 4 amide bonds. The number of nitrogens with zero attached hydrogens (tertiary/aromatic N) is 2. The van der Waals surface area contributed by atoms with E-state index in [0.29, 0.717) is 181 Å². The van der Waals surface area contributed by atoms with Gasteiger partial charge in [-0.1, -0.05) is 0 Å². The zero-order chi connectivity index (χ0) is 60.4. The molecule has 2 aromatic carbocycles. The molecule has 2 atom stereocenters. The summed E-state index contributed by atoms with van der Waals surface area (Å²) in [5.41, 5.74) is 6.40. The molecule has 2 aromatic rings. The summed E-state index contributed by atoms with van der Waals surface area (Å²) in [4.78, 5) is 72.8. The number of carbonyl (C=O) groups is 6. The van der Waals surface area contributed by atoms with Gasteiger partial charge in [0.15, 0.2) is 0 Å². The normalized spacial score (nSPS) is 12.2. The lowest BCUT2D eigenvalue weighted by Crippen LogP contribution is -2.45. The van der Waals surface area contributed by atoms with E-state index in [1.165, 1.54) is 0 Å². The van der Waals surface area contributed by atoms with Gasteiger partial charge in [-0.05, 0) is 88.6 Å². The number of rotatable bonds is 53. The van der Waals surface area contributed by atoms with E-state index >= 15 is 0 Å². The highest BCUT2D eigenvalue weighted by Gasteiger charge is 2.30. The predicted molar refractivity (Wildman–Crippen MR) is 301 cm³/mol. The first-order valence-electron chi connectivity index (χ1n) is 27.7. The van der Waals surface area contributed by atoms with Crippen LogP contribution in [-0.4, -0.2) is 229 Å². The minimum atomic E-state index is -1.49. The fourth-order valence-corrected chi connectivity index (χ4v) is 6.61. The number of anilines is 2. The third-order valence-electron chi connectivity index (χ3n) is 10.7. The van der Waals surface area contributed by atoms with Crippen LogP contribution in [0.1, 0.15) is 52.9 Å². The van der Waals surface area contributed by atoms with E-state index in [9.17, 15) is 39.0 Å². The third-order valence-corrected chi connectivity index (χ3v) is 10.7. The van der Waals surface area contributed by atoms with Crippen molar-refractivity contribution in [1.82, 2.24) is 10.6 Å². The van der Waals surface area contributed by atoms with Crippen molar-refractivity contribution in [2.75, 3.05) is 182 Å². The maximum Gasteiger partial charge on any atom is 0.408 e. The Morgan fingerprint density at radius 3 is 1.16 bits per heavy atom. The number of carbonyl (C=O) groups excluding carboxylic acids is 4. The van der Waals surface area contributed by atoms with Crippen molar-refractivity contribution in [2.45, 2.75) is 64.5 Å². The molecular formula is C55H89N7O21. The number of amides is 4. The van der Waals surface area contributed by atoms with Crippen molar-refractivity contribution in [1.29, 1.82) is 0 Å². The molecule has 0 aromatic heterocycles. The van der Waals surface area contributed by atoms with Crippen LogP contribution in [0.2, 0.25) is 0 Å². The molecular weight excluding hydrogens is 1090 g/mol. The van der Waals surface area contributed by atoms with Gasteiger partial charge in [-0.2, -0.15) is 10.2 Å². The van der Waals surface area contributed by atoms with E-state index in [-0.39, 0.29) is 57.1 Å². The maximum absolute atomic E-state index is 12.6. The van der Waals surface area contributed by atoms with E-state index < -0.39 is 41.5 Å². The van der Waals surface area contributed by atoms with Gasteiger partial charge in [0.1, 0.15) is 11.6 Å². The number of hydrogen-bond acceptors (Lipinski definition) is 22. The van der Waals surface area contributed by atoms with Gasteiger partial charge in [0, 0.05) is 30.8 Å². The summed E-state index contributed by atoms with van der Waals surface area (Å²) >= 11 is 0. The Kier molecular flexibility index (Phi) is 42.8. The van der Waals surface area contributed by atoms with Crippen molar-refractivity contribution in [3.8, 4) is 0 Å². The minimum absolute atomic E-state index is 0.00117. The van der Waals surface area contributed by atoms with Gasteiger partial charge >= 0.3 is 18.0 Å². The molecule has 0 aliphatic carbocycles. The number of ether oxygens (including phenoxy) is 13. The van der Waals surface area contributed by atoms with E-state index in [1.54, 1.807) is 69.3 Å². The first-order chi connectivity index (χ1) is 40.1. The second-order valence-corrected chi connectivity index (χ2v) is 18.8. The zero-order valence-electron chi connectivity index (χ0n) is 48.3. The predicted octanol–water partition coefficient (Wildman–Crippen LogP) is 3.88. The van der Waals surface area contributed by atoms with Crippen molar-refractivity contribution in [3.63, 3.8) is 0 Å². The van der Waals surface area contributed by atoms with E-state index in [2.05, 4.69) is 31.5 Å². The molecule has 28 heteroatoms. The Bertz CT molecular complexity index is 2070. The number of alkyl carbamates (subject to hydrolysis) is 1. The van der Waals surface area contributed by atoms with Gasteiger partial charge in [-0.25, -0.2) is 9.59 Å². The van der Waals surface area contributed by atoms with Crippen LogP contribution >= 0.6 is 0 Å². The number of carboxylic acid groups (broad SMARTS) is 2. The summed E-state index contributed by atoms with van der Waals surface area (Å²) in [6.07, 6.45) is -1.18. The number of nitrogens with two attached hydrogens (primary N) is 1. The minimum Gasteiger partial charge on any atom is -0.481 e. The second kappa shape index (κ2) is 48.5. The molecule has 0 aliphatic heterocycles. The van der Waals surface area contributed by atoms with Crippen molar-refractivity contribution in [3.05, 3.63) is 48.5 Å². The average Bonchev–Trinajstić information content (AvgIpc) is 3.47. The molecule has 8 N–H and O–H groups in total. The first kappa shape index (κ1) is 73.2. The molecule has 0 unspecified atom stereocenters. The quantitative estimate of drug-likeness (QED) is 0.0365. The number of carboxylic acids is 2. The number of hydrogen-bond donors (Lipinski definition) is 7. The fraction of sp³-hybridized carbons (Fsp3) is 0.673. The van der Waals surface area contributed by atoms with Crippen LogP contribution in [-0.2, 0) is 85.6 Å². The maximum atomic E-state index is 12.6. The van der Waals surface area contributed by atoms with Gasteiger partial charge in [-0.15, -0.1) is 0 Å². The standard InChI is InChI=1S/C55H89N7O21/c1-55(2,3)83-54(70)60-48(53(68)69)41-43(52(66)67)5-4-6-50(64)58-44-7-11-46(12-8-44)61-62-47-13-9-45(10-14-47)59-51(65)42-57-49(63)15-17-71-19-21-73-23-25-75-27-29-77-31-33-79-35-37-81-39-40-82-38-36-80-34-32-78-30-28-76-26-24-74-22-20-72-18-16-56/h7-14,43,48H,4-6,15-42,56H2,1-3H3,(H,57,63)(H,58,64)(H,59,65)(H,60,70)(H,66,67)(H,68,69)/b62-61+/t43-,48-/m0/s1. The lowest BCUT2D eigenvalue weighted by Gasteiger charge is -2.23. The van der Waals surface area contributed by atoms with Gasteiger partial charge in [0.2, 0.25) is 17.7 Å². The number of nitrogens with one attached hydrogen (secondary N) is 4. The van der Waals surface area contributed by atoms with Crippen LogP contribution < -0.4 is 27.0 Å². The smallest absolute Gasteiger partial charge is 0.408 e. The largest absolute Gasteiger partial charge is 0.481 e. The lowest BCUT2D eigenvalue weighted by atomic mass is 9.94. The Morgan fingerprint density at radius 1 is 0.470 bits per heavy atom. The molecule has 0 radical (unpaired) electrons. The molecule has 470 valence electrons. The van der Waals surface area contributed by atoms with Gasteiger partial charge in [0.05, 0.1) is 182 Å². The number of azo groups is 1. The van der Waals surface area contributed by atoms with Gasteiger partial charge in [0.25, 0.3) is 0 Å². The highest BCUT2D eigenvalue weighted by molar-refractivity contribution is 5.94. The van der Waals surface area contributed by atoms with Crippen molar-refractivity contribution < 1.29 is 101 Å². The van der Waals surface area contributed by atoms with Crippen molar-refractivity contribution in [2.24, 2.45) is 21.9 Å². The SMILES string of the molecule is CC(C)(C)OC(=O)N[C@@H](C[C@H](CCCC(=O)Nc1ccc(/N=N/c2ccc(NC(=O)CNC(=O)CCOCCOCCOCCOCCOCCOCCOCCOCCOCCOCCOCCOCCN)cc2)cc1)C(=O)O)C(=O)O. The molecule has 0 saturated heterocycles. The number of benzene rings is 2. The summed E-state index contributed by atoms with van der Waals surface area (Å²) in [6.45, 7) is 15.7. The Hall–Kier alpha value is -5.86. The highest BCUT2D eigenvalue weighted by atomic mass is 16.6. The molecule has 0 fully saturated rings. The molecule has 0 heterocycles. The molecule has 83 heavy (non-hydrogen) atoms. The molecule has 28 nitrogen and oxygen atoms in total. The van der Waals surface area contributed by atoms with E-state index in [0.717, 1.165) is 0 Å². The average molecular weight is 1180 g/mol. The van der Waals surface area contributed by atoms with Crippen molar-refractivity contribution >= 4 is 58.5 Å². The van der Waals surface area contributed by atoms with Gasteiger partial charge < -0.3 is 98.8 Å². The molecule has 2 rings (SSSR count). The summed E-state index contributed by atoms with van der Waals surface area (Å²) in [6, 6.07) is 11.6. The first-order valence-corrected chi connectivity index (χ1v) is 27.7. The summed E-state index contributed by atoms with van der Waals surface area (Å²) < 4.78 is 70.4. The lowest BCUT2D eigenvalue weighted by molar-refractivity contribution is -0.144. The van der Waals surface area contributed by atoms with Crippen LogP contribution in [0.5, 0.6) is 0 Å². The molecule has 0 aliphatic rings. The summed E-state index contributed by atoms with van der Waals surface area (Å²) in [7, 11) is 0. The van der Waals surface area contributed by atoms with E-state index in [4.69, 9.17) is 67.3 Å². The molecule has 0 saturated carbocycles. The summed E-state index contributed by atoms with van der Waals surface area (Å²) in [5, 5.41) is 37.7. The van der Waals surface area contributed by atoms with Crippen LogP contribution in [0, 0.1) is 5.92 Å². The van der Waals surface area contributed by atoms with Crippen LogP contribution in [0.4, 0.5) is 27.5 Å². The Balaban J connectivity index is 1.38. The number of aliphatic carboxylic acids is 2. The Labute approximate surface area is 485 Å². The monoisotopic (exact) mass is 1180 g/mol. The molecule has 0 spiro atoms. The Morgan fingerprint density at radius 2 is 0.819 bits per heavy atom. The molecule has 0 bridgehead atoms. The summed E-state index contributed by atoms with van der Waals surface area (Å²) in [5.74, 6) is -4.94. The third kappa shape index (κ3) is 43.5. The van der Waals surface area contributed by atoms with Crippen LogP contribution in [0.25, 0.3) is 0 Å². The fourth-order valence-electron chi connectivity index (χ4n) is 6.61. The van der Waals surface area contributed by atoms with E-state index in [1.807, 2.05) is 0 Å². The highest BCUT2D eigenvalue weighted by Crippen LogP contribution is 2.23. The van der Waals surface area contributed by atoms with Gasteiger partial charge in [-0.3, -0.25) is 19.2 Å². The second-order valence-electron chi connectivity index (χ2n) is 18.8. The zero-order valence-corrected chi connectivity index (χ0v) is 48.3. The topological polar surface area (TPSA) is 362 Å². The van der Waals surface area contributed by atoms with Crippen LogP contribution in [0.15, 0.2) is 58.8 Å².